The number of rotatable bonds is 5. The summed E-state index contributed by atoms with van der Waals surface area (Å²) in [5.74, 6) is 0.526. The smallest absolute Gasteiger partial charge is 0.184 e. The Morgan fingerprint density at radius 3 is 2.24 bits per heavy atom. The molecule has 0 fully saturated rings. The van der Waals surface area contributed by atoms with Gasteiger partial charge in [0.05, 0.1) is 32.9 Å². The highest BCUT2D eigenvalue weighted by Crippen LogP contribution is 2.42. The average molecular weight is 260 g/mol. The van der Waals surface area contributed by atoms with Gasteiger partial charge in [0.25, 0.3) is 0 Å². The van der Waals surface area contributed by atoms with Gasteiger partial charge in [0.2, 0.25) is 0 Å². The van der Waals surface area contributed by atoms with Crippen LogP contribution in [0.3, 0.4) is 0 Å². The molecule has 17 heavy (non-hydrogen) atoms. The first-order valence-corrected chi connectivity index (χ1v) is 5.20. The Morgan fingerprint density at radius 1 is 1.24 bits per heavy atom. The Kier molecular flexibility index (Phi) is 4.60. The maximum absolute atomic E-state index is 11.8. The Morgan fingerprint density at radius 2 is 1.82 bits per heavy atom. The highest BCUT2D eigenvalue weighted by Gasteiger charge is 2.24. The molecule has 0 aliphatic carbocycles. The van der Waals surface area contributed by atoms with E-state index in [0.29, 0.717) is 5.75 Å². The summed E-state index contributed by atoms with van der Waals surface area (Å²) in [7, 11) is 4.30. The molecule has 5 nitrogen and oxygen atoms in total. The Bertz CT molecular complexity index is 434. The molecule has 0 aliphatic heterocycles. The van der Waals surface area contributed by atoms with E-state index < -0.39 is 0 Å². The van der Waals surface area contributed by atoms with Gasteiger partial charge in [-0.2, -0.15) is 0 Å². The monoisotopic (exact) mass is 259 g/mol. The SMILES string of the molecule is COc1cc(Cl)c(OC)c(C(=O)CN)c1OC. The summed E-state index contributed by atoms with van der Waals surface area (Å²) >= 11 is 5.99. The number of ether oxygens (including phenoxy) is 3. The van der Waals surface area contributed by atoms with Crippen LogP contribution >= 0.6 is 11.6 Å². The molecule has 0 aliphatic rings. The Balaban J connectivity index is 3.58. The molecule has 0 saturated heterocycles. The van der Waals surface area contributed by atoms with Gasteiger partial charge in [-0.05, 0) is 0 Å². The third-order valence-corrected chi connectivity index (χ3v) is 2.53. The van der Waals surface area contributed by atoms with Crippen molar-refractivity contribution in [2.45, 2.75) is 0 Å². The van der Waals surface area contributed by atoms with E-state index in [0.717, 1.165) is 0 Å². The standard InChI is InChI=1S/C11H14ClNO4/c1-15-8-4-6(12)10(16-2)9(7(14)5-13)11(8)17-3/h4H,5,13H2,1-3H3. The number of carbonyl (C=O) groups is 1. The molecule has 0 unspecified atom stereocenters. The molecule has 0 saturated carbocycles. The number of nitrogens with two attached hydrogens (primary N) is 1. The molecule has 0 radical (unpaired) electrons. The first-order valence-electron chi connectivity index (χ1n) is 4.82. The van der Waals surface area contributed by atoms with E-state index in [4.69, 9.17) is 31.5 Å². The first kappa shape index (κ1) is 13.6. The minimum atomic E-state index is -0.334. The lowest BCUT2D eigenvalue weighted by molar-refractivity contribution is 0.0994. The van der Waals surface area contributed by atoms with Gasteiger partial charge >= 0.3 is 0 Å². The van der Waals surface area contributed by atoms with Crippen LogP contribution in [0, 0.1) is 0 Å². The van der Waals surface area contributed by atoms with Crippen LogP contribution in [0.1, 0.15) is 10.4 Å². The zero-order valence-corrected chi connectivity index (χ0v) is 10.6. The van der Waals surface area contributed by atoms with Crippen LogP contribution in [-0.4, -0.2) is 33.7 Å². The van der Waals surface area contributed by atoms with Crippen molar-refractivity contribution in [1.82, 2.24) is 0 Å². The second-order valence-corrected chi connectivity index (χ2v) is 3.54. The van der Waals surface area contributed by atoms with E-state index in [2.05, 4.69) is 0 Å². The molecule has 1 aromatic carbocycles. The molecule has 94 valence electrons. The fourth-order valence-electron chi connectivity index (χ4n) is 1.50. The lowest BCUT2D eigenvalue weighted by atomic mass is 10.1. The predicted molar refractivity (Wildman–Crippen MR) is 64.5 cm³/mol. The molecule has 0 aromatic heterocycles. The predicted octanol–water partition coefficient (Wildman–Crippen LogP) is 1.51. The van der Waals surface area contributed by atoms with Gasteiger partial charge in [-0.15, -0.1) is 0 Å². The minimum absolute atomic E-state index is 0.170. The molecule has 0 atom stereocenters. The second kappa shape index (κ2) is 5.75. The van der Waals surface area contributed by atoms with E-state index in [1.165, 1.54) is 27.4 Å². The van der Waals surface area contributed by atoms with Crippen LogP contribution in [0.4, 0.5) is 0 Å². The number of benzene rings is 1. The summed E-state index contributed by atoms with van der Waals surface area (Å²) in [5.41, 5.74) is 5.54. The minimum Gasteiger partial charge on any atom is -0.494 e. The molecular formula is C11H14ClNO4. The van der Waals surface area contributed by atoms with E-state index in [1.54, 1.807) is 0 Å². The maximum atomic E-state index is 11.8. The van der Waals surface area contributed by atoms with Crippen LogP contribution in [0.25, 0.3) is 0 Å². The van der Waals surface area contributed by atoms with Gasteiger partial charge in [-0.25, -0.2) is 0 Å². The number of halogens is 1. The summed E-state index contributed by atoms with van der Waals surface area (Å²) < 4.78 is 15.3. The number of methoxy groups -OCH3 is 3. The van der Waals surface area contributed by atoms with E-state index in [1.807, 2.05) is 0 Å². The highest BCUT2D eigenvalue weighted by molar-refractivity contribution is 6.33. The van der Waals surface area contributed by atoms with E-state index in [-0.39, 0.29) is 34.4 Å². The number of Topliss-reactive ketones (excluding diaryl/α,β-unsaturated/α-hetero) is 1. The summed E-state index contributed by atoms with van der Waals surface area (Å²) in [5, 5.41) is 0.266. The molecule has 1 aromatic rings. The van der Waals surface area contributed by atoms with Crippen LogP contribution in [0.15, 0.2) is 6.07 Å². The molecule has 0 heterocycles. The molecular weight excluding hydrogens is 246 g/mol. The lowest BCUT2D eigenvalue weighted by Crippen LogP contribution is -2.16. The van der Waals surface area contributed by atoms with Crippen molar-refractivity contribution in [3.63, 3.8) is 0 Å². The van der Waals surface area contributed by atoms with E-state index in [9.17, 15) is 4.79 Å². The van der Waals surface area contributed by atoms with Gasteiger partial charge < -0.3 is 19.9 Å². The van der Waals surface area contributed by atoms with Gasteiger partial charge in [0, 0.05) is 6.07 Å². The summed E-state index contributed by atoms with van der Waals surface area (Å²) in [6.07, 6.45) is 0. The molecule has 0 amide bonds. The zero-order chi connectivity index (χ0) is 13.0. The normalized spacial score (nSPS) is 9.94. The van der Waals surface area contributed by atoms with Gasteiger partial charge in [0.15, 0.2) is 23.0 Å². The van der Waals surface area contributed by atoms with Crippen LogP contribution in [-0.2, 0) is 0 Å². The molecule has 1 rings (SSSR count). The van der Waals surface area contributed by atoms with E-state index >= 15 is 0 Å². The van der Waals surface area contributed by atoms with Crippen molar-refractivity contribution in [2.75, 3.05) is 27.9 Å². The number of carbonyl (C=O) groups excluding carboxylic acids is 1. The highest BCUT2D eigenvalue weighted by atomic mass is 35.5. The third-order valence-electron chi connectivity index (χ3n) is 2.25. The lowest BCUT2D eigenvalue weighted by Gasteiger charge is -2.16. The quantitative estimate of drug-likeness (QED) is 0.812. The number of hydrogen-bond donors (Lipinski definition) is 1. The van der Waals surface area contributed by atoms with Gasteiger partial charge in [-0.1, -0.05) is 11.6 Å². The second-order valence-electron chi connectivity index (χ2n) is 3.13. The van der Waals surface area contributed by atoms with Crippen molar-refractivity contribution >= 4 is 17.4 Å². The molecule has 2 N–H and O–H groups in total. The van der Waals surface area contributed by atoms with Crippen molar-refractivity contribution < 1.29 is 19.0 Å². The average Bonchev–Trinajstić information content (AvgIpc) is 2.36. The van der Waals surface area contributed by atoms with Crippen LogP contribution in [0.2, 0.25) is 5.02 Å². The Hall–Kier alpha value is -1.46. The largest absolute Gasteiger partial charge is 0.494 e. The number of ketones is 1. The molecule has 0 spiro atoms. The molecule has 6 heteroatoms. The summed E-state index contributed by atoms with van der Waals surface area (Å²) in [6.45, 7) is -0.170. The Labute approximate surface area is 104 Å². The van der Waals surface area contributed by atoms with Crippen molar-refractivity contribution in [3.05, 3.63) is 16.7 Å². The number of hydrogen-bond acceptors (Lipinski definition) is 5. The van der Waals surface area contributed by atoms with Crippen molar-refractivity contribution in [3.8, 4) is 17.2 Å². The third kappa shape index (κ3) is 2.45. The fraction of sp³-hybridized carbons (Fsp3) is 0.364. The summed E-state index contributed by atoms with van der Waals surface area (Å²) in [6, 6.07) is 1.52. The van der Waals surface area contributed by atoms with Crippen LogP contribution in [0.5, 0.6) is 17.2 Å². The first-order chi connectivity index (χ1) is 8.10. The fourth-order valence-corrected chi connectivity index (χ4v) is 1.77. The zero-order valence-electron chi connectivity index (χ0n) is 9.87. The van der Waals surface area contributed by atoms with Gasteiger partial charge in [-0.3, -0.25) is 4.79 Å². The van der Waals surface area contributed by atoms with Crippen molar-refractivity contribution in [1.29, 1.82) is 0 Å². The molecule has 0 bridgehead atoms. The topological polar surface area (TPSA) is 70.8 Å². The van der Waals surface area contributed by atoms with Crippen molar-refractivity contribution in [2.24, 2.45) is 5.73 Å². The maximum Gasteiger partial charge on any atom is 0.184 e. The van der Waals surface area contributed by atoms with Crippen LogP contribution < -0.4 is 19.9 Å². The van der Waals surface area contributed by atoms with Gasteiger partial charge in [0.1, 0.15) is 5.56 Å². The summed E-state index contributed by atoms with van der Waals surface area (Å²) in [4.78, 5) is 11.8.